The topological polar surface area (TPSA) is 66.5 Å². The van der Waals surface area contributed by atoms with E-state index < -0.39 is 11.7 Å². The Labute approximate surface area is 158 Å². The normalized spacial score (nSPS) is 10.4. The number of hydrogen-bond acceptors (Lipinski definition) is 3. The highest BCUT2D eigenvalue weighted by Crippen LogP contribution is 2.13. The largest absolute Gasteiger partial charge is 0.336 e. The van der Waals surface area contributed by atoms with Crippen molar-refractivity contribution < 1.29 is 18.8 Å². The molecular formula is C21H23FN2O3. The molecule has 0 unspecified atom stereocenters. The van der Waals surface area contributed by atoms with Crippen molar-refractivity contribution in [1.82, 2.24) is 4.90 Å². The van der Waals surface area contributed by atoms with Crippen molar-refractivity contribution in [2.45, 2.75) is 26.7 Å². The fourth-order valence-electron chi connectivity index (χ4n) is 2.54. The zero-order valence-electron chi connectivity index (χ0n) is 15.7. The molecule has 0 aliphatic carbocycles. The predicted molar refractivity (Wildman–Crippen MR) is 102 cm³/mol. The summed E-state index contributed by atoms with van der Waals surface area (Å²) in [5, 5.41) is 2.53. The second kappa shape index (κ2) is 9.07. The third-order valence-electron chi connectivity index (χ3n) is 4.31. The Morgan fingerprint density at radius 1 is 1.00 bits per heavy atom. The molecule has 1 N–H and O–H groups in total. The number of aryl methyl sites for hydroxylation is 2. The molecule has 0 fully saturated rings. The van der Waals surface area contributed by atoms with Gasteiger partial charge < -0.3 is 10.2 Å². The summed E-state index contributed by atoms with van der Waals surface area (Å²) in [6, 6.07) is 11.0. The Bertz CT molecular complexity index is 864. The van der Waals surface area contributed by atoms with Crippen LogP contribution in [0.5, 0.6) is 0 Å². The first kappa shape index (κ1) is 20.3. The fourth-order valence-corrected chi connectivity index (χ4v) is 2.54. The summed E-state index contributed by atoms with van der Waals surface area (Å²) in [4.78, 5) is 37.6. The average molecular weight is 370 g/mol. The number of halogens is 1. The molecule has 2 aromatic carbocycles. The highest BCUT2D eigenvalue weighted by atomic mass is 19.1. The predicted octanol–water partition coefficient (Wildman–Crippen LogP) is 3.50. The molecule has 0 aliphatic rings. The quantitative estimate of drug-likeness (QED) is 0.759. The SMILES string of the molecule is Cc1ccc(C(=O)CCC(=O)N(C)CC(=O)Nc2cccc(F)c2)cc1C. The molecule has 0 bridgehead atoms. The van der Waals surface area contributed by atoms with Crippen molar-refractivity contribution in [3.05, 3.63) is 65.0 Å². The molecule has 2 amide bonds. The number of likely N-dealkylation sites (N-methyl/N-ethyl adjacent to an activating group) is 1. The Kier molecular flexibility index (Phi) is 6.82. The minimum atomic E-state index is -0.456. The third kappa shape index (κ3) is 6.02. The van der Waals surface area contributed by atoms with Gasteiger partial charge in [0, 0.05) is 31.1 Å². The van der Waals surface area contributed by atoms with Crippen LogP contribution >= 0.6 is 0 Å². The van der Waals surface area contributed by atoms with Gasteiger partial charge in [-0.05, 0) is 49.2 Å². The molecule has 0 spiro atoms. The number of anilines is 1. The van der Waals surface area contributed by atoms with E-state index in [1.165, 1.54) is 30.1 Å². The number of nitrogens with zero attached hydrogens (tertiary/aromatic N) is 1. The van der Waals surface area contributed by atoms with Crippen LogP contribution in [0, 0.1) is 19.7 Å². The van der Waals surface area contributed by atoms with Gasteiger partial charge in [-0.15, -0.1) is 0 Å². The minimum Gasteiger partial charge on any atom is -0.336 e. The monoisotopic (exact) mass is 370 g/mol. The van der Waals surface area contributed by atoms with E-state index in [1.807, 2.05) is 26.0 Å². The second-order valence-electron chi connectivity index (χ2n) is 6.53. The smallest absolute Gasteiger partial charge is 0.243 e. The fraction of sp³-hybridized carbons (Fsp3) is 0.286. The first-order valence-electron chi connectivity index (χ1n) is 8.66. The van der Waals surface area contributed by atoms with E-state index >= 15 is 0 Å². The number of carbonyl (C=O) groups excluding carboxylic acids is 3. The average Bonchev–Trinajstić information content (AvgIpc) is 2.61. The lowest BCUT2D eigenvalue weighted by atomic mass is 10.0. The summed E-state index contributed by atoms with van der Waals surface area (Å²) in [6.45, 7) is 3.73. The standard InChI is InChI=1S/C21H23FN2O3/c1-14-7-8-16(11-15(14)2)19(25)9-10-21(27)24(3)13-20(26)23-18-6-4-5-17(22)12-18/h4-8,11-12H,9-10,13H2,1-3H3,(H,23,26). The molecule has 2 aromatic rings. The van der Waals surface area contributed by atoms with Crippen LogP contribution in [-0.4, -0.2) is 36.1 Å². The van der Waals surface area contributed by atoms with Gasteiger partial charge >= 0.3 is 0 Å². The molecule has 2 rings (SSSR count). The summed E-state index contributed by atoms with van der Waals surface area (Å²) in [7, 11) is 1.49. The van der Waals surface area contributed by atoms with E-state index in [-0.39, 0.29) is 31.1 Å². The molecule has 0 aromatic heterocycles. The van der Waals surface area contributed by atoms with Gasteiger partial charge in [-0.3, -0.25) is 14.4 Å². The van der Waals surface area contributed by atoms with Crippen LogP contribution in [0.15, 0.2) is 42.5 Å². The summed E-state index contributed by atoms with van der Waals surface area (Å²) in [5.74, 6) is -1.30. The van der Waals surface area contributed by atoms with Crippen LogP contribution < -0.4 is 5.32 Å². The van der Waals surface area contributed by atoms with E-state index in [1.54, 1.807) is 12.1 Å². The number of nitrogens with one attached hydrogen (secondary N) is 1. The van der Waals surface area contributed by atoms with Crippen molar-refractivity contribution in [2.24, 2.45) is 0 Å². The lowest BCUT2D eigenvalue weighted by Gasteiger charge is -2.16. The molecule has 0 saturated carbocycles. The minimum absolute atomic E-state index is 0.0233. The van der Waals surface area contributed by atoms with Crippen LogP contribution in [0.3, 0.4) is 0 Å². The zero-order chi connectivity index (χ0) is 20.0. The molecule has 6 heteroatoms. The van der Waals surface area contributed by atoms with Gasteiger partial charge in [0.05, 0.1) is 6.54 Å². The van der Waals surface area contributed by atoms with Crippen LogP contribution in [0.25, 0.3) is 0 Å². The van der Waals surface area contributed by atoms with Crippen molar-refractivity contribution in [3.63, 3.8) is 0 Å². The molecular weight excluding hydrogens is 347 g/mol. The Morgan fingerprint density at radius 3 is 2.41 bits per heavy atom. The van der Waals surface area contributed by atoms with Crippen molar-refractivity contribution in [3.8, 4) is 0 Å². The Balaban J connectivity index is 1.83. The number of hydrogen-bond donors (Lipinski definition) is 1. The Hall–Kier alpha value is -3.02. The molecule has 0 radical (unpaired) electrons. The van der Waals surface area contributed by atoms with Crippen LogP contribution in [0.2, 0.25) is 0 Å². The van der Waals surface area contributed by atoms with Gasteiger partial charge in [0.25, 0.3) is 0 Å². The van der Waals surface area contributed by atoms with E-state index in [9.17, 15) is 18.8 Å². The van der Waals surface area contributed by atoms with Gasteiger partial charge in [0.15, 0.2) is 5.78 Å². The molecule has 142 valence electrons. The maximum Gasteiger partial charge on any atom is 0.243 e. The van der Waals surface area contributed by atoms with Crippen LogP contribution in [-0.2, 0) is 9.59 Å². The summed E-state index contributed by atoms with van der Waals surface area (Å²) in [6.07, 6.45) is 0.104. The number of carbonyl (C=O) groups is 3. The molecule has 27 heavy (non-hydrogen) atoms. The van der Waals surface area contributed by atoms with Crippen LogP contribution in [0.1, 0.15) is 34.3 Å². The maximum absolute atomic E-state index is 13.1. The van der Waals surface area contributed by atoms with Gasteiger partial charge in [-0.2, -0.15) is 0 Å². The molecule has 0 aliphatic heterocycles. The van der Waals surface area contributed by atoms with Gasteiger partial charge in [0.2, 0.25) is 11.8 Å². The summed E-state index contributed by atoms with van der Waals surface area (Å²) < 4.78 is 13.1. The number of amides is 2. The van der Waals surface area contributed by atoms with Crippen molar-refractivity contribution in [2.75, 3.05) is 18.9 Å². The van der Waals surface area contributed by atoms with E-state index in [2.05, 4.69) is 5.32 Å². The second-order valence-corrected chi connectivity index (χ2v) is 6.53. The van der Waals surface area contributed by atoms with Crippen LogP contribution in [0.4, 0.5) is 10.1 Å². The zero-order valence-corrected chi connectivity index (χ0v) is 15.7. The first-order valence-corrected chi connectivity index (χ1v) is 8.66. The number of rotatable bonds is 7. The summed E-state index contributed by atoms with van der Waals surface area (Å²) in [5.41, 5.74) is 3.04. The highest BCUT2D eigenvalue weighted by Gasteiger charge is 2.16. The number of Topliss-reactive ketones (excluding diaryl/α,β-unsaturated/α-hetero) is 1. The first-order chi connectivity index (χ1) is 12.8. The molecule has 0 atom stereocenters. The third-order valence-corrected chi connectivity index (χ3v) is 4.31. The van der Waals surface area contributed by atoms with E-state index in [4.69, 9.17) is 0 Å². The van der Waals surface area contributed by atoms with Crippen molar-refractivity contribution in [1.29, 1.82) is 0 Å². The Morgan fingerprint density at radius 2 is 1.74 bits per heavy atom. The lowest BCUT2D eigenvalue weighted by molar-refractivity contribution is -0.133. The van der Waals surface area contributed by atoms with Gasteiger partial charge in [-0.25, -0.2) is 4.39 Å². The van der Waals surface area contributed by atoms with Gasteiger partial charge in [-0.1, -0.05) is 18.2 Å². The molecule has 0 saturated heterocycles. The highest BCUT2D eigenvalue weighted by molar-refractivity contribution is 5.99. The van der Waals surface area contributed by atoms with E-state index in [0.717, 1.165) is 11.1 Å². The van der Waals surface area contributed by atoms with E-state index in [0.29, 0.717) is 11.3 Å². The van der Waals surface area contributed by atoms with Gasteiger partial charge in [0.1, 0.15) is 5.82 Å². The van der Waals surface area contributed by atoms with Crippen molar-refractivity contribution >= 4 is 23.3 Å². The molecule has 0 heterocycles. The maximum atomic E-state index is 13.1. The number of benzene rings is 2. The lowest BCUT2D eigenvalue weighted by Crippen LogP contribution is -2.35. The number of ketones is 1. The molecule has 5 nitrogen and oxygen atoms in total. The summed E-state index contributed by atoms with van der Waals surface area (Å²) >= 11 is 0.